The zero-order valence-electron chi connectivity index (χ0n) is 13.1. The highest BCUT2D eigenvalue weighted by molar-refractivity contribution is 5.63. The summed E-state index contributed by atoms with van der Waals surface area (Å²) in [5, 5.41) is 0. The minimum absolute atomic E-state index is 0.677. The standard InChI is InChI=1S/C19H27N/c1-15(2)14-20(17(4)19-10-11-19)13-12-16(3)18-8-6-5-7-9-18/h5-9,12,15,19H,4,10-11,13-14H2,1-3H3/b16-12-. The number of hydrogen-bond acceptors (Lipinski definition) is 1. The van der Waals surface area contributed by atoms with Gasteiger partial charge in [0.25, 0.3) is 0 Å². The van der Waals surface area contributed by atoms with Gasteiger partial charge in [0.1, 0.15) is 0 Å². The molecule has 0 amide bonds. The number of hydrogen-bond donors (Lipinski definition) is 0. The normalized spacial score (nSPS) is 15.5. The fourth-order valence-electron chi connectivity index (χ4n) is 2.49. The average Bonchev–Trinajstić information content (AvgIpc) is 3.27. The summed E-state index contributed by atoms with van der Waals surface area (Å²) < 4.78 is 0. The average molecular weight is 269 g/mol. The van der Waals surface area contributed by atoms with Crippen LogP contribution in [0.4, 0.5) is 0 Å². The first-order valence-corrected chi connectivity index (χ1v) is 7.74. The van der Waals surface area contributed by atoms with E-state index in [2.05, 4.69) is 68.7 Å². The predicted octanol–water partition coefficient (Wildman–Crippen LogP) is 4.97. The van der Waals surface area contributed by atoms with Crippen molar-refractivity contribution in [1.29, 1.82) is 0 Å². The van der Waals surface area contributed by atoms with Crippen molar-refractivity contribution in [2.45, 2.75) is 33.6 Å². The Morgan fingerprint density at radius 1 is 1.30 bits per heavy atom. The third-order valence-electron chi connectivity index (χ3n) is 3.89. The summed E-state index contributed by atoms with van der Waals surface area (Å²) in [5.41, 5.74) is 4.01. The monoisotopic (exact) mass is 269 g/mol. The van der Waals surface area contributed by atoms with Crippen molar-refractivity contribution >= 4 is 5.57 Å². The van der Waals surface area contributed by atoms with Crippen LogP contribution in [-0.2, 0) is 0 Å². The Morgan fingerprint density at radius 3 is 2.50 bits per heavy atom. The molecule has 0 atom stereocenters. The lowest BCUT2D eigenvalue weighted by Crippen LogP contribution is -2.28. The van der Waals surface area contributed by atoms with E-state index in [1.807, 2.05) is 0 Å². The molecule has 0 N–H and O–H groups in total. The van der Waals surface area contributed by atoms with Gasteiger partial charge < -0.3 is 4.90 Å². The molecule has 108 valence electrons. The van der Waals surface area contributed by atoms with Crippen molar-refractivity contribution < 1.29 is 0 Å². The van der Waals surface area contributed by atoms with E-state index in [1.54, 1.807) is 0 Å². The van der Waals surface area contributed by atoms with E-state index in [9.17, 15) is 0 Å². The van der Waals surface area contributed by atoms with E-state index in [-0.39, 0.29) is 0 Å². The zero-order valence-corrected chi connectivity index (χ0v) is 13.1. The smallest absolute Gasteiger partial charge is 0.0362 e. The molecule has 0 saturated heterocycles. The lowest BCUT2D eigenvalue weighted by Gasteiger charge is -2.27. The number of rotatable bonds is 7. The van der Waals surface area contributed by atoms with Gasteiger partial charge in [-0.2, -0.15) is 0 Å². The van der Waals surface area contributed by atoms with Gasteiger partial charge in [0, 0.05) is 18.8 Å². The number of nitrogens with zero attached hydrogens (tertiary/aromatic N) is 1. The Kier molecular flexibility index (Phi) is 5.05. The third-order valence-corrected chi connectivity index (χ3v) is 3.89. The van der Waals surface area contributed by atoms with Gasteiger partial charge in [-0.25, -0.2) is 0 Å². The van der Waals surface area contributed by atoms with E-state index < -0.39 is 0 Å². The highest BCUT2D eigenvalue weighted by atomic mass is 15.1. The minimum Gasteiger partial charge on any atom is -0.371 e. The summed E-state index contributed by atoms with van der Waals surface area (Å²) in [6.45, 7) is 13.2. The van der Waals surface area contributed by atoms with Gasteiger partial charge in [-0.15, -0.1) is 0 Å². The zero-order chi connectivity index (χ0) is 14.5. The summed E-state index contributed by atoms with van der Waals surface area (Å²) in [6, 6.07) is 10.6. The maximum absolute atomic E-state index is 4.32. The molecule has 2 rings (SSSR count). The second-order valence-electron chi connectivity index (χ2n) is 6.32. The molecule has 0 unspecified atom stereocenters. The molecule has 1 aliphatic rings. The van der Waals surface area contributed by atoms with Gasteiger partial charge >= 0.3 is 0 Å². The van der Waals surface area contributed by atoms with Crippen LogP contribution < -0.4 is 0 Å². The molecule has 20 heavy (non-hydrogen) atoms. The first-order valence-electron chi connectivity index (χ1n) is 7.74. The maximum Gasteiger partial charge on any atom is 0.0362 e. The second-order valence-corrected chi connectivity index (χ2v) is 6.32. The Morgan fingerprint density at radius 2 is 1.95 bits per heavy atom. The van der Waals surface area contributed by atoms with Crippen LogP contribution in [0.15, 0.2) is 48.7 Å². The summed E-state index contributed by atoms with van der Waals surface area (Å²) in [6.07, 6.45) is 4.99. The van der Waals surface area contributed by atoms with Crippen molar-refractivity contribution in [2.24, 2.45) is 11.8 Å². The van der Waals surface area contributed by atoms with Crippen LogP contribution >= 0.6 is 0 Å². The van der Waals surface area contributed by atoms with Gasteiger partial charge in [0.05, 0.1) is 0 Å². The molecule has 0 heterocycles. The lowest BCUT2D eigenvalue weighted by atomic mass is 10.1. The van der Waals surface area contributed by atoms with Crippen molar-refractivity contribution in [2.75, 3.05) is 13.1 Å². The highest BCUT2D eigenvalue weighted by Crippen LogP contribution is 2.37. The SMILES string of the molecule is C=C(C1CC1)N(C/C=C(/C)c1ccccc1)CC(C)C. The fourth-order valence-corrected chi connectivity index (χ4v) is 2.49. The number of allylic oxidation sites excluding steroid dienone is 2. The molecule has 0 radical (unpaired) electrons. The van der Waals surface area contributed by atoms with Crippen LogP contribution in [0.3, 0.4) is 0 Å². The highest BCUT2D eigenvalue weighted by Gasteiger charge is 2.27. The maximum atomic E-state index is 4.32. The second kappa shape index (κ2) is 6.78. The molecule has 0 bridgehead atoms. The summed E-state index contributed by atoms with van der Waals surface area (Å²) in [4.78, 5) is 2.47. The minimum atomic E-state index is 0.677. The van der Waals surface area contributed by atoms with Crippen LogP contribution in [-0.4, -0.2) is 18.0 Å². The Labute approximate surface area is 124 Å². The molecule has 0 aliphatic heterocycles. The van der Waals surface area contributed by atoms with Gasteiger partial charge in [-0.05, 0) is 42.7 Å². The largest absolute Gasteiger partial charge is 0.371 e. The van der Waals surface area contributed by atoms with Crippen molar-refractivity contribution in [3.8, 4) is 0 Å². The molecule has 1 aliphatic carbocycles. The molecule has 0 aromatic heterocycles. The van der Waals surface area contributed by atoms with Gasteiger partial charge in [0.15, 0.2) is 0 Å². The third kappa shape index (κ3) is 4.26. The van der Waals surface area contributed by atoms with E-state index in [4.69, 9.17) is 0 Å². The van der Waals surface area contributed by atoms with Crippen LogP contribution in [0.5, 0.6) is 0 Å². The molecule has 1 heteroatoms. The quantitative estimate of drug-likeness (QED) is 0.675. The molecule has 0 spiro atoms. The summed E-state index contributed by atoms with van der Waals surface area (Å²) >= 11 is 0. The molecule has 1 fully saturated rings. The molecule has 1 nitrogen and oxygen atoms in total. The van der Waals surface area contributed by atoms with Gasteiger partial charge in [-0.1, -0.05) is 56.8 Å². The van der Waals surface area contributed by atoms with Gasteiger partial charge in [0.2, 0.25) is 0 Å². The van der Waals surface area contributed by atoms with E-state index in [0.717, 1.165) is 19.0 Å². The fraction of sp³-hybridized carbons (Fsp3) is 0.474. The summed E-state index contributed by atoms with van der Waals surface area (Å²) in [5.74, 6) is 1.43. The first kappa shape index (κ1) is 14.9. The Bertz CT molecular complexity index is 466. The molecule has 1 aromatic rings. The van der Waals surface area contributed by atoms with Crippen LogP contribution in [0.1, 0.15) is 39.2 Å². The summed E-state index contributed by atoms with van der Waals surface area (Å²) in [7, 11) is 0. The predicted molar refractivity (Wildman–Crippen MR) is 88.4 cm³/mol. The van der Waals surface area contributed by atoms with Gasteiger partial charge in [-0.3, -0.25) is 0 Å². The van der Waals surface area contributed by atoms with Crippen LogP contribution in [0.25, 0.3) is 5.57 Å². The van der Waals surface area contributed by atoms with E-state index in [0.29, 0.717) is 5.92 Å². The number of benzene rings is 1. The van der Waals surface area contributed by atoms with Crippen LogP contribution in [0.2, 0.25) is 0 Å². The molecule has 1 saturated carbocycles. The molecule has 1 aromatic carbocycles. The van der Waals surface area contributed by atoms with E-state index >= 15 is 0 Å². The van der Waals surface area contributed by atoms with Crippen molar-refractivity contribution in [3.05, 3.63) is 54.2 Å². The molecular weight excluding hydrogens is 242 g/mol. The van der Waals surface area contributed by atoms with Crippen molar-refractivity contribution in [3.63, 3.8) is 0 Å². The van der Waals surface area contributed by atoms with E-state index in [1.165, 1.54) is 29.7 Å². The Balaban J connectivity index is 2.01. The van der Waals surface area contributed by atoms with Crippen molar-refractivity contribution in [1.82, 2.24) is 4.90 Å². The lowest BCUT2D eigenvalue weighted by molar-refractivity contribution is 0.319. The molecular formula is C19H27N. The Hall–Kier alpha value is -1.50. The van der Waals surface area contributed by atoms with Crippen LogP contribution in [0, 0.1) is 11.8 Å². The first-order chi connectivity index (χ1) is 9.58. The topological polar surface area (TPSA) is 3.24 Å².